The first-order valence-electron chi connectivity index (χ1n) is 11.3. The zero-order valence-corrected chi connectivity index (χ0v) is 18.8. The van der Waals surface area contributed by atoms with E-state index >= 15 is 0 Å². The molecule has 0 aliphatic carbocycles. The van der Waals surface area contributed by atoms with Crippen molar-refractivity contribution in [3.63, 3.8) is 0 Å². The van der Waals surface area contributed by atoms with E-state index in [1.165, 1.54) is 0 Å². The van der Waals surface area contributed by atoms with Gasteiger partial charge in [-0.05, 0) is 62.1 Å². The van der Waals surface area contributed by atoms with Crippen molar-refractivity contribution in [1.82, 2.24) is 15.5 Å². The number of rotatable bonds is 10. The zero-order valence-electron chi connectivity index (χ0n) is 18.8. The van der Waals surface area contributed by atoms with Crippen LogP contribution in [0.5, 0.6) is 0 Å². The largest absolute Gasteiger partial charge is 0.396 e. The summed E-state index contributed by atoms with van der Waals surface area (Å²) in [5.41, 5.74) is 1.92. The normalized spacial score (nSPS) is 14.7. The fourth-order valence-corrected chi connectivity index (χ4v) is 3.83. The number of likely N-dealkylation sites (tertiary alicyclic amines) is 1. The number of aliphatic hydroxyl groups is 1. The maximum atomic E-state index is 12.3. The maximum absolute atomic E-state index is 12.3. The lowest BCUT2D eigenvalue weighted by atomic mass is 9.79. The highest BCUT2D eigenvalue weighted by Gasteiger charge is 2.25. The van der Waals surface area contributed by atoms with Crippen LogP contribution in [0, 0.1) is 5.41 Å². The van der Waals surface area contributed by atoms with Crippen LogP contribution in [0.2, 0.25) is 0 Å². The van der Waals surface area contributed by atoms with Crippen LogP contribution >= 0.6 is 0 Å². The number of hydrogen-bond acceptors (Lipinski definition) is 3. The van der Waals surface area contributed by atoms with Gasteiger partial charge in [0.15, 0.2) is 5.96 Å². The van der Waals surface area contributed by atoms with Gasteiger partial charge in [0.1, 0.15) is 0 Å². The number of aliphatic hydroxyl groups excluding tert-OH is 1. The molecular formula is C23H39N5O2. The average molecular weight is 418 g/mol. The molecule has 1 aromatic rings. The summed E-state index contributed by atoms with van der Waals surface area (Å²) in [6, 6.07) is 7.84. The first kappa shape index (κ1) is 24.0. The van der Waals surface area contributed by atoms with Crippen LogP contribution in [0.15, 0.2) is 29.3 Å². The van der Waals surface area contributed by atoms with Gasteiger partial charge in [0, 0.05) is 38.5 Å². The van der Waals surface area contributed by atoms with Gasteiger partial charge in [-0.25, -0.2) is 9.79 Å². The standard InChI is InChI=1S/C23H39N5O2/c1-4-23(5-2,12-15-29)18-26-21(24-6-3)25-17-19-10-9-11-20(16-19)27-22(30)28-13-7-8-14-28/h9-11,16,29H,4-8,12-15,17-18H2,1-3H3,(H,27,30)(H2,24,25,26). The van der Waals surface area contributed by atoms with E-state index in [1.807, 2.05) is 36.1 Å². The number of urea groups is 1. The van der Waals surface area contributed by atoms with Crippen LogP contribution in [0.4, 0.5) is 10.5 Å². The molecule has 1 heterocycles. The molecular weight excluding hydrogens is 378 g/mol. The third-order valence-corrected chi connectivity index (χ3v) is 6.11. The Morgan fingerprint density at radius 1 is 1.17 bits per heavy atom. The van der Waals surface area contributed by atoms with E-state index in [1.54, 1.807) is 0 Å². The second-order valence-corrected chi connectivity index (χ2v) is 8.05. The van der Waals surface area contributed by atoms with Crippen molar-refractivity contribution in [3.8, 4) is 0 Å². The van der Waals surface area contributed by atoms with Crippen LogP contribution in [0.1, 0.15) is 58.4 Å². The zero-order chi connectivity index (χ0) is 21.8. The predicted molar refractivity (Wildman–Crippen MR) is 124 cm³/mol. The third kappa shape index (κ3) is 7.20. The van der Waals surface area contributed by atoms with Crippen molar-refractivity contribution in [1.29, 1.82) is 0 Å². The molecule has 2 amide bonds. The molecule has 7 heteroatoms. The molecule has 0 bridgehead atoms. The number of anilines is 1. The van der Waals surface area contributed by atoms with E-state index in [0.29, 0.717) is 6.54 Å². The Hall–Kier alpha value is -2.28. The lowest BCUT2D eigenvalue weighted by Gasteiger charge is -2.32. The highest BCUT2D eigenvalue weighted by molar-refractivity contribution is 5.89. The predicted octanol–water partition coefficient (Wildman–Crippen LogP) is 3.56. The molecule has 4 N–H and O–H groups in total. The summed E-state index contributed by atoms with van der Waals surface area (Å²) in [5, 5.41) is 19.2. The van der Waals surface area contributed by atoms with Gasteiger partial charge in [0.05, 0.1) is 6.54 Å². The molecule has 0 atom stereocenters. The molecule has 7 nitrogen and oxygen atoms in total. The van der Waals surface area contributed by atoms with E-state index < -0.39 is 0 Å². The minimum Gasteiger partial charge on any atom is -0.396 e. The van der Waals surface area contributed by atoms with E-state index in [2.05, 4.69) is 29.8 Å². The van der Waals surface area contributed by atoms with E-state index in [4.69, 9.17) is 4.99 Å². The molecule has 1 aliphatic rings. The maximum Gasteiger partial charge on any atom is 0.321 e. The first-order chi connectivity index (χ1) is 14.6. The molecule has 0 aromatic heterocycles. The molecule has 2 rings (SSSR count). The molecule has 30 heavy (non-hydrogen) atoms. The molecule has 0 radical (unpaired) electrons. The van der Waals surface area contributed by atoms with Crippen molar-refractivity contribution in [3.05, 3.63) is 29.8 Å². The van der Waals surface area contributed by atoms with Gasteiger partial charge in [-0.15, -0.1) is 0 Å². The SMILES string of the molecule is CCNC(=NCc1cccc(NC(=O)N2CCCC2)c1)NCC(CC)(CC)CCO. The summed E-state index contributed by atoms with van der Waals surface area (Å²) in [7, 11) is 0. The number of nitrogens with zero attached hydrogens (tertiary/aromatic N) is 2. The lowest BCUT2D eigenvalue weighted by Crippen LogP contribution is -2.43. The Morgan fingerprint density at radius 3 is 2.53 bits per heavy atom. The fourth-order valence-electron chi connectivity index (χ4n) is 3.83. The van der Waals surface area contributed by atoms with Gasteiger partial charge in [0.25, 0.3) is 0 Å². The lowest BCUT2D eigenvalue weighted by molar-refractivity contribution is 0.169. The Bertz CT molecular complexity index is 682. The van der Waals surface area contributed by atoms with E-state index in [9.17, 15) is 9.90 Å². The Labute approximate surface area is 181 Å². The number of carbonyl (C=O) groups is 1. The van der Waals surface area contributed by atoms with Crippen LogP contribution in [-0.2, 0) is 6.54 Å². The number of guanidine groups is 1. The summed E-state index contributed by atoms with van der Waals surface area (Å²) in [6.45, 7) is 10.3. The van der Waals surface area contributed by atoms with Gasteiger partial charge in [-0.2, -0.15) is 0 Å². The number of nitrogens with one attached hydrogen (secondary N) is 3. The van der Waals surface area contributed by atoms with Gasteiger partial charge >= 0.3 is 6.03 Å². The molecule has 0 unspecified atom stereocenters. The minimum atomic E-state index is -0.0255. The van der Waals surface area contributed by atoms with E-state index in [0.717, 1.165) is 75.5 Å². The summed E-state index contributed by atoms with van der Waals surface area (Å²) < 4.78 is 0. The summed E-state index contributed by atoms with van der Waals surface area (Å²) in [4.78, 5) is 18.9. The third-order valence-electron chi connectivity index (χ3n) is 6.11. The van der Waals surface area contributed by atoms with Crippen LogP contribution < -0.4 is 16.0 Å². The molecule has 1 aromatic carbocycles. The number of benzene rings is 1. The molecule has 1 saturated heterocycles. The molecule has 1 fully saturated rings. The van der Waals surface area contributed by atoms with Gasteiger partial charge in [-0.3, -0.25) is 0 Å². The monoisotopic (exact) mass is 417 g/mol. The average Bonchev–Trinajstić information content (AvgIpc) is 3.30. The summed E-state index contributed by atoms with van der Waals surface area (Å²) in [6.07, 6.45) is 4.96. The highest BCUT2D eigenvalue weighted by Crippen LogP contribution is 2.29. The second kappa shape index (κ2) is 12.4. The first-order valence-corrected chi connectivity index (χ1v) is 11.3. The Balaban J connectivity index is 1.98. The Morgan fingerprint density at radius 2 is 1.90 bits per heavy atom. The fraction of sp³-hybridized carbons (Fsp3) is 0.652. The number of hydrogen-bond donors (Lipinski definition) is 4. The highest BCUT2D eigenvalue weighted by atomic mass is 16.3. The van der Waals surface area contributed by atoms with Crippen molar-refractivity contribution in [2.45, 2.75) is 59.4 Å². The van der Waals surface area contributed by atoms with Crippen LogP contribution in [0.3, 0.4) is 0 Å². The number of aliphatic imine (C=N–C) groups is 1. The van der Waals surface area contributed by atoms with Gasteiger partial charge in [-0.1, -0.05) is 26.0 Å². The van der Waals surface area contributed by atoms with Crippen LogP contribution in [0.25, 0.3) is 0 Å². The molecule has 0 spiro atoms. The van der Waals surface area contributed by atoms with Crippen molar-refractivity contribution >= 4 is 17.7 Å². The summed E-state index contributed by atoms with van der Waals surface area (Å²) >= 11 is 0. The smallest absolute Gasteiger partial charge is 0.321 e. The molecule has 0 saturated carbocycles. The number of amides is 2. The van der Waals surface area contributed by atoms with Crippen molar-refractivity contribution < 1.29 is 9.90 Å². The Kier molecular flexibility index (Phi) is 9.94. The minimum absolute atomic E-state index is 0.0255. The van der Waals surface area contributed by atoms with Crippen LogP contribution in [-0.4, -0.2) is 54.8 Å². The van der Waals surface area contributed by atoms with Crippen molar-refractivity contribution in [2.24, 2.45) is 10.4 Å². The van der Waals surface area contributed by atoms with E-state index in [-0.39, 0.29) is 18.1 Å². The topological polar surface area (TPSA) is 89.0 Å². The molecule has 1 aliphatic heterocycles. The summed E-state index contributed by atoms with van der Waals surface area (Å²) in [5.74, 6) is 0.772. The van der Waals surface area contributed by atoms with Gasteiger partial charge in [0.2, 0.25) is 0 Å². The quantitative estimate of drug-likeness (QED) is 0.346. The molecule has 168 valence electrons. The van der Waals surface area contributed by atoms with Crippen molar-refractivity contribution in [2.75, 3.05) is 38.1 Å². The van der Waals surface area contributed by atoms with Gasteiger partial charge < -0.3 is 26.0 Å². The second-order valence-electron chi connectivity index (χ2n) is 8.05. The number of carbonyl (C=O) groups excluding carboxylic acids is 1.